The number of aromatic amines is 1. The van der Waals surface area contributed by atoms with Gasteiger partial charge in [-0.25, -0.2) is 4.39 Å². The number of likely N-dealkylation sites (N-methyl/N-ethyl adjacent to an activating group) is 1. The van der Waals surface area contributed by atoms with Gasteiger partial charge in [-0.2, -0.15) is 0 Å². The van der Waals surface area contributed by atoms with Crippen molar-refractivity contribution in [2.75, 3.05) is 38.1 Å². The van der Waals surface area contributed by atoms with Crippen LogP contribution in [0, 0.1) is 5.82 Å². The summed E-state index contributed by atoms with van der Waals surface area (Å²) in [4.78, 5) is 10.1. The molecule has 124 valence electrons. The van der Waals surface area contributed by atoms with Gasteiger partial charge < -0.3 is 14.8 Å². The maximum atomic E-state index is 14.2. The van der Waals surface area contributed by atoms with Crippen LogP contribution in [0.25, 0.3) is 10.9 Å². The number of nitrogens with zero attached hydrogens (tertiary/aromatic N) is 2. The van der Waals surface area contributed by atoms with Crippen molar-refractivity contribution in [1.82, 2.24) is 9.88 Å². The first-order valence-electron chi connectivity index (χ1n) is 8.18. The highest BCUT2D eigenvalue weighted by molar-refractivity contribution is 7.99. The third-order valence-electron chi connectivity index (χ3n) is 4.55. The number of hydrogen-bond donors (Lipinski definition) is 1. The summed E-state index contributed by atoms with van der Waals surface area (Å²) in [6.07, 6.45) is 1.90. The van der Waals surface area contributed by atoms with Crippen LogP contribution in [0.15, 0.2) is 58.5 Å². The first-order chi connectivity index (χ1) is 11.7. The summed E-state index contributed by atoms with van der Waals surface area (Å²) in [6, 6.07) is 13.6. The van der Waals surface area contributed by atoms with Crippen molar-refractivity contribution in [2.45, 2.75) is 9.79 Å². The summed E-state index contributed by atoms with van der Waals surface area (Å²) >= 11 is 1.63. The van der Waals surface area contributed by atoms with Crippen LogP contribution in [0.2, 0.25) is 0 Å². The number of aromatic nitrogens is 1. The minimum atomic E-state index is -0.173. The van der Waals surface area contributed by atoms with Crippen molar-refractivity contribution in [3.63, 3.8) is 0 Å². The zero-order valence-electron chi connectivity index (χ0n) is 13.6. The minimum absolute atomic E-state index is 0.173. The van der Waals surface area contributed by atoms with Gasteiger partial charge in [0.15, 0.2) is 0 Å². The molecule has 3 aromatic rings. The Balaban J connectivity index is 1.67. The zero-order valence-corrected chi connectivity index (χ0v) is 14.4. The fraction of sp³-hybridized carbons (Fsp3) is 0.263. The van der Waals surface area contributed by atoms with Crippen molar-refractivity contribution >= 4 is 28.4 Å². The molecule has 24 heavy (non-hydrogen) atoms. The Labute approximate surface area is 145 Å². The second kappa shape index (κ2) is 6.49. The fourth-order valence-corrected chi connectivity index (χ4v) is 4.27. The smallest absolute Gasteiger partial charge is 0.133 e. The molecule has 1 fully saturated rings. The first-order valence-corrected chi connectivity index (χ1v) is 9.00. The Kier molecular flexibility index (Phi) is 4.21. The SMILES string of the molecule is CN1CCN(c2ccccc2Sc2c[nH]c3cccc(F)c23)CC1. The Morgan fingerprint density at radius 3 is 2.58 bits per heavy atom. The van der Waals surface area contributed by atoms with E-state index < -0.39 is 0 Å². The highest BCUT2D eigenvalue weighted by Gasteiger charge is 2.18. The van der Waals surface area contributed by atoms with Crippen LogP contribution >= 0.6 is 11.8 Å². The lowest BCUT2D eigenvalue weighted by Gasteiger charge is -2.35. The molecule has 1 aromatic heterocycles. The Morgan fingerprint density at radius 1 is 0.958 bits per heavy atom. The predicted octanol–water partition coefficient (Wildman–Crippen LogP) is 4.21. The molecule has 4 rings (SSSR count). The molecule has 2 aromatic carbocycles. The van der Waals surface area contributed by atoms with Crippen LogP contribution in [-0.4, -0.2) is 43.1 Å². The summed E-state index contributed by atoms with van der Waals surface area (Å²) in [5.74, 6) is -0.173. The maximum Gasteiger partial charge on any atom is 0.133 e. The van der Waals surface area contributed by atoms with E-state index in [4.69, 9.17) is 0 Å². The summed E-state index contributed by atoms with van der Waals surface area (Å²) < 4.78 is 14.2. The lowest BCUT2D eigenvalue weighted by Crippen LogP contribution is -2.44. The van der Waals surface area contributed by atoms with Crippen LogP contribution in [-0.2, 0) is 0 Å². The second-order valence-corrected chi connectivity index (χ2v) is 7.26. The number of nitrogens with one attached hydrogen (secondary N) is 1. The Morgan fingerprint density at radius 2 is 1.75 bits per heavy atom. The van der Waals surface area contributed by atoms with E-state index in [1.165, 1.54) is 16.6 Å². The Hall–Kier alpha value is -1.98. The van der Waals surface area contributed by atoms with E-state index in [1.807, 2.05) is 18.3 Å². The largest absolute Gasteiger partial charge is 0.368 e. The van der Waals surface area contributed by atoms with Gasteiger partial charge in [0, 0.05) is 53.1 Å². The molecule has 0 spiro atoms. The maximum absolute atomic E-state index is 14.2. The highest BCUT2D eigenvalue weighted by atomic mass is 32.2. The normalized spacial score (nSPS) is 16.0. The molecule has 0 radical (unpaired) electrons. The molecular weight excluding hydrogens is 321 g/mol. The van der Waals surface area contributed by atoms with Crippen molar-refractivity contribution < 1.29 is 4.39 Å². The number of fused-ring (bicyclic) bond motifs is 1. The van der Waals surface area contributed by atoms with Gasteiger partial charge >= 0.3 is 0 Å². The van der Waals surface area contributed by atoms with E-state index in [1.54, 1.807) is 17.8 Å². The van der Waals surface area contributed by atoms with E-state index in [9.17, 15) is 4.39 Å². The van der Waals surface area contributed by atoms with E-state index in [-0.39, 0.29) is 5.82 Å². The molecule has 1 aliphatic heterocycles. The molecule has 1 saturated heterocycles. The van der Waals surface area contributed by atoms with Crippen LogP contribution in [0.4, 0.5) is 10.1 Å². The molecule has 2 heterocycles. The topological polar surface area (TPSA) is 22.3 Å². The van der Waals surface area contributed by atoms with Crippen molar-refractivity contribution in [3.05, 3.63) is 54.5 Å². The van der Waals surface area contributed by atoms with Gasteiger partial charge in [0.25, 0.3) is 0 Å². The number of piperazine rings is 1. The number of anilines is 1. The molecule has 1 N–H and O–H groups in total. The molecule has 0 amide bonds. The van der Waals surface area contributed by atoms with Gasteiger partial charge in [0.1, 0.15) is 5.82 Å². The van der Waals surface area contributed by atoms with Gasteiger partial charge in [0.2, 0.25) is 0 Å². The lowest BCUT2D eigenvalue weighted by molar-refractivity contribution is 0.312. The number of benzene rings is 2. The van der Waals surface area contributed by atoms with Crippen LogP contribution in [0.3, 0.4) is 0 Å². The van der Waals surface area contributed by atoms with Gasteiger partial charge in [-0.1, -0.05) is 30.0 Å². The molecule has 0 unspecified atom stereocenters. The number of hydrogen-bond acceptors (Lipinski definition) is 3. The number of rotatable bonds is 3. The van der Waals surface area contributed by atoms with Gasteiger partial charge in [0.05, 0.1) is 5.69 Å². The Bertz CT molecular complexity index is 853. The van der Waals surface area contributed by atoms with E-state index in [0.29, 0.717) is 5.39 Å². The molecule has 1 aliphatic rings. The molecular formula is C19H20FN3S. The standard InChI is InChI=1S/C19H20FN3S/c1-22-9-11-23(12-10-22)16-7-2-3-8-17(16)24-18-13-21-15-6-4-5-14(20)19(15)18/h2-8,13,21H,9-12H2,1H3. The lowest BCUT2D eigenvalue weighted by atomic mass is 10.2. The zero-order chi connectivity index (χ0) is 16.5. The average Bonchev–Trinajstić information content (AvgIpc) is 3.01. The average molecular weight is 341 g/mol. The number of H-pyrrole nitrogens is 1. The quantitative estimate of drug-likeness (QED) is 0.771. The number of para-hydroxylation sites is 1. The van der Waals surface area contributed by atoms with Crippen molar-refractivity contribution in [3.8, 4) is 0 Å². The van der Waals surface area contributed by atoms with E-state index in [2.05, 4.69) is 40.0 Å². The van der Waals surface area contributed by atoms with Crippen LogP contribution < -0.4 is 4.90 Å². The van der Waals surface area contributed by atoms with E-state index in [0.717, 1.165) is 36.6 Å². The predicted molar refractivity (Wildman–Crippen MR) is 98.5 cm³/mol. The van der Waals surface area contributed by atoms with Crippen LogP contribution in [0.1, 0.15) is 0 Å². The van der Waals surface area contributed by atoms with Crippen LogP contribution in [0.5, 0.6) is 0 Å². The summed E-state index contributed by atoms with van der Waals surface area (Å²) in [5.41, 5.74) is 2.08. The van der Waals surface area contributed by atoms with Gasteiger partial charge in [-0.15, -0.1) is 0 Å². The second-order valence-electron chi connectivity index (χ2n) is 6.18. The first kappa shape index (κ1) is 15.5. The third kappa shape index (κ3) is 2.89. The molecule has 0 aliphatic carbocycles. The summed E-state index contributed by atoms with van der Waals surface area (Å²) in [6.45, 7) is 4.19. The summed E-state index contributed by atoms with van der Waals surface area (Å²) in [7, 11) is 2.16. The minimum Gasteiger partial charge on any atom is -0.368 e. The molecule has 5 heteroatoms. The highest BCUT2D eigenvalue weighted by Crippen LogP contribution is 2.39. The van der Waals surface area contributed by atoms with Crippen molar-refractivity contribution in [2.24, 2.45) is 0 Å². The number of halogens is 1. The molecule has 0 bridgehead atoms. The van der Waals surface area contributed by atoms with Gasteiger partial charge in [-0.3, -0.25) is 0 Å². The third-order valence-corrected chi connectivity index (χ3v) is 5.65. The molecule has 3 nitrogen and oxygen atoms in total. The molecule has 0 atom stereocenters. The fourth-order valence-electron chi connectivity index (χ4n) is 3.16. The van der Waals surface area contributed by atoms with E-state index >= 15 is 0 Å². The monoisotopic (exact) mass is 341 g/mol. The molecule has 0 saturated carbocycles. The van der Waals surface area contributed by atoms with Crippen molar-refractivity contribution in [1.29, 1.82) is 0 Å². The summed E-state index contributed by atoms with van der Waals surface area (Å²) in [5, 5.41) is 0.677. The van der Waals surface area contributed by atoms with Gasteiger partial charge in [-0.05, 0) is 31.3 Å².